The van der Waals surface area contributed by atoms with Gasteiger partial charge >= 0.3 is 0 Å². The number of nitro benzene ring substituents is 1. The fraction of sp³-hybridized carbons (Fsp3) is 0.357. The second kappa shape index (κ2) is 6.29. The number of aromatic nitrogens is 1. The van der Waals surface area contributed by atoms with Gasteiger partial charge in [-0.25, -0.2) is 4.98 Å². The van der Waals surface area contributed by atoms with Crippen molar-refractivity contribution in [2.75, 3.05) is 11.9 Å². The van der Waals surface area contributed by atoms with Crippen molar-refractivity contribution in [3.05, 3.63) is 40.6 Å². The highest BCUT2D eigenvalue weighted by Crippen LogP contribution is 2.29. The van der Waals surface area contributed by atoms with Crippen LogP contribution in [0, 0.1) is 10.1 Å². The Morgan fingerprint density at radius 1 is 1.45 bits per heavy atom. The summed E-state index contributed by atoms with van der Waals surface area (Å²) < 4.78 is 0. The largest absolute Gasteiger partial charge is 0.393 e. The summed E-state index contributed by atoms with van der Waals surface area (Å²) in [5, 5.41) is 24.4. The van der Waals surface area contributed by atoms with Crippen LogP contribution in [0.15, 0.2) is 30.5 Å². The van der Waals surface area contributed by atoms with Crippen LogP contribution >= 0.6 is 0 Å². The smallest absolute Gasteiger partial charge is 0.295 e. The lowest BCUT2D eigenvalue weighted by molar-refractivity contribution is -0.383. The van der Waals surface area contributed by atoms with E-state index < -0.39 is 4.92 Å². The van der Waals surface area contributed by atoms with E-state index in [1.165, 1.54) is 6.07 Å². The van der Waals surface area contributed by atoms with Gasteiger partial charge in [-0.2, -0.15) is 0 Å². The Balaban J connectivity index is 2.27. The molecule has 6 nitrogen and oxygen atoms in total. The highest BCUT2D eigenvalue weighted by molar-refractivity contribution is 5.96. The van der Waals surface area contributed by atoms with E-state index in [4.69, 9.17) is 0 Å². The van der Waals surface area contributed by atoms with Gasteiger partial charge in [-0.1, -0.05) is 6.92 Å². The summed E-state index contributed by atoms with van der Waals surface area (Å²) in [6, 6.07) is 6.68. The van der Waals surface area contributed by atoms with Crippen molar-refractivity contribution in [2.24, 2.45) is 0 Å². The van der Waals surface area contributed by atoms with Gasteiger partial charge in [-0.05, 0) is 31.0 Å². The zero-order valence-corrected chi connectivity index (χ0v) is 11.2. The van der Waals surface area contributed by atoms with Crippen LogP contribution in [0.5, 0.6) is 0 Å². The minimum Gasteiger partial charge on any atom is -0.393 e. The molecule has 20 heavy (non-hydrogen) atoms. The summed E-state index contributed by atoms with van der Waals surface area (Å²) >= 11 is 0. The summed E-state index contributed by atoms with van der Waals surface area (Å²) in [5.74, 6) is 0. The third-order valence-corrected chi connectivity index (χ3v) is 3.21. The van der Waals surface area contributed by atoms with E-state index in [1.54, 1.807) is 24.4 Å². The Labute approximate surface area is 116 Å². The molecule has 0 saturated carbocycles. The quantitative estimate of drug-likeness (QED) is 0.625. The minimum absolute atomic E-state index is 0.000238. The number of benzene rings is 1. The number of hydrogen-bond acceptors (Lipinski definition) is 5. The number of rotatable bonds is 6. The Bertz CT molecular complexity index is 616. The van der Waals surface area contributed by atoms with Gasteiger partial charge in [0.15, 0.2) is 0 Å². The molecule has 0 radical (unpaired) electrons. The molecule has 1 aromatic carbocycles. The molecule has 2 aromatic rings. The Morgan fingerprint density at radius 3 is 2.95 bits per heavy atom. The zero-order chi connectivity index (χ0) is 14.5. The van der Waals surface area contributed by atoms with Crippen molar-refractivity contribution < 1.29 is 10.0 Å². The molecule has 106 valence electrons. The van der Waals surface area contributed by atoms with Crippen molar-refractivity contribution in [3.8, 4) is 0 Å². The lowest BCUT2D eigenvalue weighted by Crippen LogP contribution is -2.12. The molecule has 0 aliphatic carbocycles. The SMILES string of the molecule is CCC(O)CCNc1ccc([N+](=O)[O-])c2ncccc12. The van der Waals surface area contributed by atoms with Crippen LogP contribution in [0.1, 0.15) is 19.8 Å². The predicted molar refractivity (Wildman–Crippen MR) is 77.8 cm³/mol. The van der Waals surface area contributed by atoms with Gasteiger partial charge in [0.05, 0.1) is 11.0 Å². The molecule has 0 aliphatic rings. The number of aliphatic hydroxyl groups is 1. The summed E-state index contributed by atoms with van der Waals surface area (Å²) in [5.41, 5.74) is 1.17. The highest BCUT2D eigenvalue weighted by atomic mass is 16.6. The van der Waals surface area contributed by atoms with E-state index >= 15 is 0 Å². The van der Waals surface area contributed by atoms with Crippen molar-refractivity contribution in [1.82, 2.24) is 4.98 Å². The second-order valence-electron chi connectivity index (χ2n) is 4.57. The maximum absolute atomic E-state index is 11.0. The van der Waals surface area contributed by atoms with Crippen molar-refractivity contribution in [2.45, 2.75) is 25.9 Å². The first-order valence-electron chi connectivity index (χ1n) is 6.57. The normalized spacial score (nSPS) is 12.3. The molecule has 1 heterocycles. The number of anilines is 1. The van der Waals surface area contributed by atoms with E-state index in [-0.39, 0.29) is 11.8 Å². The number of fused-ring (bicyclic) bond motifs is 1. The minimum atomic E-state index is -0.431. The molecule has 0 bridgehead atoms. The molecule has 0 amide bonds. The molecule has 0 spiro atoms. The molecule has 2 rings (SSSR count). The molecule has 2 N–H and O–H groups in total. The summed E-state index contributed by atoms with van der Waals surface area (Å²) in [4.78, 5) is 14.6. The highest BCUT2D eigenvalue weighted by Gasteiger charge is 2.15. The summed E-state index contributed by atoms with van der Waals surface area (Å²) in [6.45, 7) is 2.53. The Morgan fingerprint density at radius 2 is 2.25 bits per heavy atom. The van der Waals surface area contributed by atoms with Crippen molar-refractivity contribution >= 4 is 22.3 Å². The lowest BCUT2D eigenvalue weighted by atomic mass is 10.1. The number of pyridine rings is 1. The molecule has 1 atom stereocenters. The van der Waals surface area contributed by atoms with E-state index in [0.29, 0.717) is 30.3 Å². The van der Waals surface area contributed by atoms with Crippen molar-refractivity contribution in [1.29, 1.82) is 0 Å². The van der Waals surface area contributed by atoms with Gasteiger partial charge in [0.2, 0.25) is 0 Å². The van der Waals surface area contributed by atoms with Crippen LogP contribution in [0.4, 0.5) is 11.4 Å². The zero-order valence-electron chi connectivity index (χ0n) is 11.2. The maximum atomic E-state index is 11.0. The fourth-order valence-corrected chi connectivity index (χ4v) is 2.04. The molecule has 0 fully saturated rings. The number of aliphatic hydroxyl groups excluding tert-OH is 1. The van der Waals surface area contributed by atoms with Crippen LogP contribution in [0.3, 0.4) is 0 Å². The van der Waals surface area contributed by atoms with Crippen molar-refractivity contribution in [3.63, 3.8) is 0 Å². The van der Waals surface area contributed by atoms with Gasteiger partial charge in [-0.15, -0.1) is 0 Å². The molecular formula is C14H17N3O3. The number of nitrogens with zero attached hydrogens (tertiary/aromatic N) is 2. The molecule has 6 heteroatoms. The van der Waals surface area contributed by atoms with Gasteiger partial charge in [0.25, 0.3) is 5.69 Å². The van der Waals surface area contributed by atoms with E-state index in [9.17, 15) is 15.2 Å². The number of non-ortho nitro benzene ring substituents is 1. The standard InChI is InChI=1S/C14H17N3O3/c1-2-10(18)7-9-15-12-5-6-13(17(19)20)14-11(12)4-3-8-16-14/h3-6,8,10,15,18H,2,7,9H2,1H3. The third-order valence-electron chi connectivity index (χ3n) is 3.21. The molecule has 1 unspecified atom stereocenters. The third kappa shape index (κ3) is 3.03. The summed E-state index contributed by atoms with van der Waals surface area (Å²) in [7, 11) is 0. The number of nitrogens with one attached hydrogen (secondary N) is 1. The first kappa shape index (κ1) is 14.2. The monoisotopic (exact) mass is 275 g/mol. The van der Waals surface area contributed by atoms with Crippen LogP contribution in [0.25, 0.3) is 10.9 Å². The average molecular weight is 275 g/mol. The lowest BCUT2D eigenvalue weighted by Gasteiger charge is -2.11. The van der Waals surface area contributed by atoms with E-state index in [1.807, 2.05) is 6.92 Å². The molecule has 0 aliphatic heterocycles. The second-order valence-corrected chi connectivity index (χ2v) is 4.57. The first-order valence-corrected chi connectivity index (χ1v) is 6.57. The average Bonchev–Trinajstić information content (AvgIpc) is 2.46. The van der Waals surface area contributed by atoms with Crippen LogP contribution in [-0.4, -0.2) is 27.7 Å². The Kier molecular flexibility index (Phi) is 4.47. The summed E-state index contributed by atoms with van der Waals surface area (Å²) in [6.07, 6.45) is 2.56. The van der Waals surface area contributed by atoms with Crippen LogP contribution in [-0.2, 0) is 0 Å². The van der Waals surface area contributed by atoms with Crippen LogP contribution in [0.2, 0.25) is 0 Å². The predicted octanol–water partition coefficient (Wildman–Crippen LogP) is 2.72. The van der Waals surface area contributed by atoms with E-state index in [0.717, 1.165) is 5.69 Å². The Hall–Kier alpha value is -2.21. The first-order chi connectivity index (χ1) is 9.63. The molecular weight excluding hydrogens is 258 g/mol. The maximum Gasteiger partial charge on any atom is 0.295 e. The van der Waals surface area contributed by atoms with Crippen LogP contribution < -0.4 is 5.32 Å². The van der Waals surface area contributed by atoms with E-state index in [2.05, 4.69) is 10.3 Å². The molecule has 1 aromatic heterocycles. The molecule has 0 saturated heterocycles. The fourth-order valence-electron chi connectivity index (χ4n) is 2.04. The van der Waals surface area contributed by atoms with Gasteiger partial charge in [-0.3, -0.25) is 10.1 Å². The number of nitro groups is 1. The van der Waals surface area contributed by atoms with Gasteiger partial charge in [0.1, 0.15) is 5.52 Å². The van der Waals surface area contributed by atoms with Gasteiger partial charge in [0, 0.05) is 29.9 Å². The van der Waals surface area contributed by atoms with Gasteiger partial charge < -0.3 is 10.4 Å². The number of hydrogen-bond donors (Lipinski definition) is 2. The topological polar surface area (TPSA) is 88.3 Å².